The van der Waals surface area contributed by atoms with Crippen molar-refractivity contribution in [2.24, 2.45) is 5.92 Å². The summed E-state index contributed by atoms with van der Waals surface area (Å²) < 4.78 is 35.6. The predicted molar refractivity (Wildman–Crippen MR) is 38.8 cm³/mol. The van der Waals surface area contributed by atoms with E-state index in [0.717, 1.165) is 6.92 Å². The molecule has 1 N–H and O–H groups in total. The molecule has 0 radical (unpaired) electrons. The van der Waals surface area contributed by atoms with Gasteiger partial charge in [-0.3, -0.25) is 4.79 Å². The molecule has 0 aliphatic heterocycles. The van der Waals surface area contributed by atoms with Gasteiger partial charge in [-0.1, -0.05) is 6.92 Å². The zero-order valence-corrected chi connectivity index (χ0v) is 7.03. The summed E-state index contributed by atoms with van der Waals surface area (Å²) in [7, 11) is 1.52. The second-order valence-electron chi connectivity index (χ2n) is 2.72. The second-order valence-corrected chi connectivity index (χ2v) is 2.72. The number of nitrogens with one attached hydrogen (secondary N) is 1. The van der Waals surface area contributed by atoms with Gasteiger partial charge in [-0.25, -0.2) is 0 Å². The van der Waals surface area contributed by atoms with Crippen LogP contribution in [0.15, 0.2) is 0 Å². The molecule has 1 atom stereocenters. The van der Waals surface area contributed by atoms with Crippen LogP contribution < -0.4 is 5.32 Å². The maximum Gasteiger partial charge on any atom is 0.391 e. The van der Waals surface area contributed by atoms with Gasteiger partial charge in [0.2, 0.25) is 0 Å². The van der Waals surface area contributed by atoms with Gasteiger partial charge in [0.05, 0.1) is 12.5 Å². The Morgan fingerprint density at radius 3 is 2.33 bits per heavy atom. The van der Waals surface area contributed by atoms with Crippen LogP contribution in [0.1, 0.15) is 13.3 Å². The van der Waals surface area contributed by atoms with Crippen LogP contribution in [0.25, 0.3) is 0 Å². The number of rotatable bonds is 4. The van der Waals surface area contributed by atoms with Crippen LogP contribution in [0, 0.1) is 5.92 Å². The van der Waals surface area contributed by atoms with E-state index in [4.69, 9.17) is 0 Å². The summed E-state index contributed by atoms with van der Waals surface area (Å²) in [5.74, 6) is -1.96. The van der Waals surface area contributed by atoms with Crippen LogP contribution in [0.4, 0.5) is 13.2 Å². The van der Waals surface area contributed by atoms with Crippen LogP contribution >= 0.6 is 0 Å². The molecular weight excluding hydrogens is 171 g/mol. The van der Waals surface area contributed by atoms with E-state index < -0.39 is 24.3 Å². The summed E-state index contributed by atoms with van der Waals surface area (Å²) in [4.78, 5) is 10.7. The number of hydrogen-bond acceptors (Lipinski definition) is 2. The molecule has 1 unspecified atom stereocenters. The molecule has 0 aromatic carbocycles. The van der Waals surface area contributed by atoms with Gasteiger partial charge in [0.1, 0.15) is 5.78 Å². The number of alkyl halides is 3. The van der Waals surface area contributed by atoms with Gasteiger partial charge >= 0.3 is 6.18 Å². The minimum absolute atomic E-state index is 0.000417. The molecule has 0 heterocycles. The van der Waals surface area contributed by atoms with Crippen LogP contribution in [0.3, 0.4) is 0 Å². The molecule has 0 saturated heterocycles. The van der Waals surface area contributed by atoms with E-state index in [-0.39, 0.29) is 6.54 Å². The molecule has 0 bridgehead atoms. The standard InChI is InChI=1S/C7H12F3NO/c1-5(7(8,9)10)3-6(12)4-11-2/h5,11H,3-4H2,1-2H3. The van der Waals surface area contributed by atoms with Crippen LogP contribution in [0.5, 0.6) is 0 Å². The first-order valence-electron chi connectivity index (χ1n) is 3.61. The lowest BCUT2D eigenvalue weighted by Gasteiger charge is -2.13. The SMILES string of the molecule is CNCC(=O)CC(C)C(F)(F)F. The normalized spacial score (nSPS) is 14.4. The Morgan fingerprint density at radius 2 is 2.00 bits per heavy atom. The van der Waals surface area contributed by atoms with Crippen molar-refractivity contribution in [3.8, 4) is 0 Å². The molecule has 5 heteroatoms. The summed E-state index contributed by atoms with van der Waals surface area (Å²) in [5, 5.41) is 2.51. The monoisotopic (exact) mass is 183 g/mol. The summed E-state index contributed by atoms with van der Waals surface area (Å²) in [5.41, 5.74) is 0. The zero-order valence-electron chi connectivity index (χ0n) is 7.03. The highest BCUT2D eigenvalue weighted by molar-refractivity contribution is 5.80. The molecule has 0 rings (SSSR count). The van der Waals surface area contributed by atoms with E-state index in [9.17, 15) is 18.0 Å². The maximum absolute atomic E-state index is 11.9. The van der Waals surface area contributed by atoms with Crippen molar-refractivity contribution in [3.05, 3.63) is 0 Å². The number of ketones is 1. The molecule has 72 valence electrons. The number of Topliss-reactive ketones (excluding diaryl/α,β-unsaturated/α-hetero) is 1. The van der Waals surface area contributed by atoms with Crippen molar-refractivity contribution >= 4 is 5.78 Å². The van der Waals surface area contributed by atoms with Crippen molar-refractivity contribution in [1.29, 1.82) is 0 Å². The van der Waals surface area contributed by atoms with Crippen molar-refractivity contribution in [1.82, 2.24) is 5.32 Å². The lowest BCUT2D eigenvalue weighted by molar-refractivity contribution is -0.173. The number of carbonyl (C=O) groups is 1. The Labute approximate surface area is 69.1 Å². The van der Waals surface area contributed by atoms with Crippen molar-refractivity contribution < 1.29 is 18.0 Å². The average Bonchev–Trinajstić information content (AvgIpc) is 1.85. The first kappa shape index (κ1) is 11.4. The Balaban J connectivity index is 3.84. The molecule has 12 heavy (non-hydrogen) atoms. The lowest BCUT2D eigenvalue weighted by Crippen LogP contribution is -2.27. The Hall–Kier alpha value is -0.580. The number of carbonyl (C=O) groups excluding carboxylic acids is 1. The van der Waals surface area contributed by atoms with Gasteiger partial charge in [-0.05, 0) is 7.05 Å². The maximum atomic E-state index is 11.9. The van der Waals surface area contributed by atoms with Gasteiger partial charge < -0.3 is 5.32 Å². The molecule has 0 aliphatic carbocycles. The fraction of sp³-hybridized carbons (Fsp3) is 0.857. The first-order valence-corrected chi connectivity index (χ1v) is 3.61. The topological polar surface area (TPSA) is 29.1 Å². The van der Waals surface area contributed by atoms with Crippen molar-refractivity contribution in [2.75, 3.05) is 13.6 Å². The molecule has 0 amide bonds. The highest BCUT2D eigenvalue weighted by atomic mass is 19.4. The summed E-state index contributed by atoms with van der Waals surface area (Å²) >= 11 is 0. The van der Waals surface area contributed by atoms with Gasteiger partial charge in [-0.2, -0.15) is 13.2 Å². The highest BCUT2D eigenvalue weighted by Crippen LogP contribution is 2.28. The van der Waals surface area contributed by atoms with E-state index in [0.29, 0.717) is 0 Å². The van der Waals surface area contributed by atoms with E-state index in [1.54, 1.807) is 0 Å². The molecule has 0 fully saturated rings. The minimum Gasteiger partial charge on any atom is -0.313 e. The fourth-order valence-corrected chi connectivity index (χ4v) is 0.727. The second kappa shape index (κ2) is 4.45. The van der Waals surface area contributed by atoms with Crippen LogP contribution in [-0.2, 0) is 4.79 Å². The number of halogens is 3. The molecule has 0 saturated carbocycles. The quantitative estimate of drug-likeness (QED) is 0.713. The Bertz CT molecular complexity index is 155. The Kier molecular flexibility index (Phi) is 4.23. The van der Waals surface area contributed by atoms with Gasteiger partial charge in [0, 0.05) is 6.42 Å². The molecule has 0 aliphatic rings. The average molecular weight is 183 g/mol. The molecule has 2 nitrogen and oxygen atoms in total. The van der Waals surface area contributed by atoms with Gasteiger partial charge in [0.25, 0.3) is 0 Å². The minimum atomic E-state index is -4.26. The smallest absolute Gasteiger partial charge is 0.313 e. The van der Waals surface area contributed by atoms with Crippen molar-refractivity contribution in [3.63, 3.8) is 0 Å². The molecular formula is C7H12F3NO. The van der Waals surface area contributed by atoms with E-state index >= 15 is 0 Å². The summed E-state index contributed by atoms with van der Waals surface area (Å²) in [6, 6.07) is 0. The highest BCUT2D eigenvalue weighted by Gasteiger charge is 2.36. The van der Waals surface area contributed by atoms with E-state index in [2.05, 4.69) is 5.32 Å². The largest absolute Gasteiger partial charge is 0.391 e. The van der Waals surface area contributed by atoms with E-state index in [1.165, 1.54) is 7.05 Å². The Morgan fingerprint density at radius 1 is 1.50 bits per heavy atom. The fourth-order valence-electron chi connectivity index (χ4n) is 0.727. The lowest BCUT2D eigenvalue weighted by atomic mass is 10.0. The van der Waals surface area contributed by atoms with E-state index in [1.807, 2.05) is 0 Å². The van der Waals surface area contributed by atoms with Crippen LogP contribution in [-0.4, -0.2) is 25.6 Å². The molecule has 0 aromatic heterocycles. The summed E-state index contributed by atoms with van der Waals surface area (Å²) in [6.45, 7) is 1.01. The van der Waals surface area contributed by atoms with Crippen molar-refractivity contribution in [2.45, 2.75) is 19.5 Å². The molecule has 0 aromatic rings. The van der Waals surface area contributed by atoms with Gasteiger partial charge in [0.15, 0.2) is 0 Å². The zero-order chi connectivity index (χ0) is 9.78. The first-order chi connectivity index (χ1) is 5.38. The third-order valence-corrected chi connectivity index (χ3v) is 1.47. The third kappa shape index (κ3) is 4.33. The number of hydrogen-bond donors (Lipinski definition) is 1. The van der Waals surface area contributed by atoms with Gasteiger partial charge in [-0.15, -0.1) is 0 Å². The predicted octanol–water partition coefficient (Wildman–Crippen LogP) is 1.36. The third-order valence-electron chi connectivity index (χ3n) is 1.47. The molecule has 0 spiro atoms. The number of likely N-dealkylation sites (N-methyl/N-ethyl adjacent to an activating group) is 1. The van der Waals surface area contributed by atoms with Crippen LogP contribution in [0.2, 0.25) is 0 Å². The summed E-state index contributed by atoms with van der Waals surface area (Å²) in [6.07, 6.45) is -4.70.